The number of benzene rings is 2. The Balaban J connectivity index is 1.52. The molecule has 2 heterocycles. The first-order valence-electron chi connectivity index (χ1n) is 10.6. The van der Waals surface area contributed by atoms with Gasteiger partial charge in [-0.15, -0.1) is 11.3 Å². The van der Waals surface area contributed by atoms with Gasteiger partial charge in [0.25, 0.3) is 0 Å². The molecule has 1 N–H and O–H groups in total. The van der Waals surface area contributed by atoms with Crippen molar-refractivity contribution in [2.24, 2.45) is 0 Å². The molecule has 29 heavy (non-hydrogen) atoms. The molecule has 0 atom stereocenters. The van der Waals surface area contributed by atoms with E-state index in [-0.39, 0.29) is 17.5 Å². The molecule has 1 aliphatic rings. The summed E-state index contributed by atoms with van der Waals surface area (Å²) >= 11 is 1.61. The lowest BCUT2D eigenvalue weighted by molar-refractivity contribution is 0.103. The molecule has 1 saturated heterocycles. The summed E-state index contributed by atoms with van der Waals surface area (Å²) in [6.07, 6.45) is 4.91. The van der Waals surface area contributed by atoms with Crippen LogP contribution in [0.15, 0.2) is 42.5 Å². The van der Waals surface area contributed by atoms with Gasteiger partial charge in [-0.05, 0) is 75.0 Å². The molecule has 4 heteroatoms. The standard InChI is InChI=1S/C25H29NO2S/c1-17(2)25-23(21-12-11-20(27)16-22(21)29-25)24(28)19-9-7-18(8-10-19)6-5-15-26-13-3-4-14-26/h7-12,16-17,27H,3-6,13-15H2,1-2H3. The molecule has 4 rings (SSSR count). The first-order valence-corrected chi connectivity index (χ1v) is 11.5. The summed E-state index contributed by atoms with van der Waals surface area (Å²) in [5.41, 5.74) is 2.83. The second-order valence-electron chi connectivity index (χ2n) is 8.35. The maximum Gasteiger partial charge on any atom is 0.194 e. The van der Waals surface area contributed by atoms with Crippen LogP contribution in [0.5, 0.6) is 5.75 Å². The Labute approximate surface area is 177 Å². The van der Waals surface area contributed by atoms with E-state index >= 15 is 0 Å². The quantitative estimate of drug-likeness (QED) is 0.489. The van der Waals surface area contributed by atoms with E-state index in [2.05, 4.69) is 30.9 Å². The topological polar surface area (TPSA) is 40.5 Å². The number of carbonyl (C=O) groups excluding carboxylic acids is 1. The summed E-state index contributed by atoms with van der Waals surface area (Å²) in [5, 5.41) is 10.8. The van der Waals surface area contributed by atoms with E-state index < -0.39 is 0 Å². The number of ketones is 1. The molecule has 0 unspecified atom stereocenters. The lowest BCUT2D eigenvalue weighted by Crippen LogP contribution is -2.20. The number of rotatable bonds is 7. The van der Waals surface area contributed by atoms with Crippen LogP contribution < -0.4 is 0 Å². The van der Waals surface area contributed by atoms with Gasteiger partial charge in [-0.3, -0.25) is 4.79 Å². The molecule has 1 fully saturated rings. The van der Waals surface area contributed by atoms with E-state index in [1.807, 2.05) is 18.2 Å². The zero-order chi connectivity index (χ0) is 20.4. The van der Waals surface area contributed by atoms with Gasteiger partial charge in [-0.2, -0.15) is 0 Å². The molecule has 0 spiro atoms. The third kappa shape index (κ3) is 4.39. The predicted molar refractivity (Wildman–Crippen MR) is 121 cm³/mol. The number of fused-ring (bicyclic) bond motifs is 1. The average Bonchev–Trinajstić information content (AvgIpc) is 3.35. The second kappa shape index (κ2) is 8.68. The zero-order valence-corrected chi connectivity index (χ0v) is 18.1. The molecule has 0 radical (unpaired) electrons. The number of thiophene rings is 1. The fourth-order valence-corrected chi connectivity index (χ4v) is 5.46. The number of nitrogens with zero attached hydrogens (tertiary/aromatic N) is 1. The summed E-state index contributed by atoms with van der Waals surface area (Å²) in [6, 6.07) is 13.4. The Hall–Kier alpha value is -2.17. The first kappa shape index (κ1) is 20.1. The third-order valence-corrected chi connectivity index (χ3v) is 7.26. The highest BCUT2D eigenvalue weighted by Crippen LogP contribution is 2.38. The summed E-state index contributed by atoms with van der Waals surface area (Å²) in [6.45, 7) is 7.90. The Bertz CT molecular complexity index is 998. The molecule has 152 valence electrons. The van der Waals surface area contributed by atoms with Gasteiger partial charge < -0.3 is 10.0 Å². The first-order chi connectivity index (χ1) is 14.0. The Kier molecular flexibility index (Phi) is 6.02. The number of phenols is 1. The van der Waals surface area contributed by atoms with E-state index in [4.69, 9.17) is 0 Å². The van der Waals surface area contributed by atoms with Crippen LogP contribution in [-0.4, -0.2) is 35.4 Å². The van der Waals surface area contributed by atoms with Crippen LogP contribution in [0.1, 0.15) is 65.4 Å². The third-order valence-electron chi connectivity index (χ3n) is 5.81. The lowest BCUT2D eigenvalue weighted by atomic mass is 9.95. The van der Waals surface area contributed by atoms with Crippen LogP contribution in [0.3, 0.4) is 0 Å². The van der Waals surface area contributed by atoms with Crippen molar-refractivity contribution in [2.75, 3.05) is 19.6 Å². The molecule has 0 saturated carbocycles. The average molecular weight is 408 g/mol. The van der Waals surface area contributed by atoms with Crippen molar-refractivity contribution >= 4 is 27.2 Å². The van der Waals surface area contributed by atoms with Crippen LogP contribution in [0, 0.1) is 0 Å². The molecular weight excluding hydrogens is 378 g/mol. The van der Waals surface area contributed by atoms with Gasteiger partial charge in [0.1, 0.15) is 5.75 Å². The van der Waals surface area contributed by atoms with Crippen LogP contribution in [-0.2, 0) is 6.42 Å². The van der Waals surface area contributed by atoms with Crippen molar-refractivity contribution < 1.29 is 9.90 Å². The largest absolute Gasteiger partial charge is 0.508 e. The van der Waals surface area contributed by atoms with Gasteiger partial charge in [-0.1, -0.05) is 38.1 Å². The molecule has 0 bridgehead atoms. The smallest absolute Gasteiger partial charge is 0.194 e. The zero-order valence-electron chi connectivity index (χ0n) is 17.3. The molecule has 1 aliphatic heterocycles. The Morgan fingerprint density at radius 3 is 2.52 bits per heavy atom. The minimum absolute atomic E-state index is 0.0780. The van der Waals surface area contributed by atoms with E-state index in [0.29, 0.717) is 0 Å². The molecule has 3 aromatic rings. The normalized spacial score (nSPS) is 14.9. The van der Waals surface area contributed by atoms with E-state index in [0.717, 1.165) is 32.5 Å². The number of aromatic hydroxyl groups is 1. The van der Waals surface area contributed by atoms with Crippen LogP contribution >= 0.6 is 11.3 Å². The van der Waals surface area contributed by atoms with Crippen molar-refractivity contribution in [3.8, 4) is 5.75 Å². The number of phenolic OH excluding ortho intramolecular Hbond substituents is 1. The van der Waals surface area contributed by atoms with Crippen LogP contribution in [0.4, 0.5) is 0 Å². The molecule has 3 nitrogen and oxygen atoms in total. The minimum atomic E-state index is 0.0780. The monoisotopic (exact) mass is 407 g/mol. The number of carbonyl (C=O) groups is 1. The fraction of sp³-hybridized carbons (Fsp3) is 0.400. The Morgan fingerprint density at radius 1 is 1.10 bits per heavy atom. The van der Waals surface area contributed by atoms with E-state index in [9.17, 15) is 9.90 Å². The van der Waals surface area contributed by atoms with Gasteiger partial charge in [-0.25, -0.2) is 0 Å². The highest BCUT2D eigenvalue weighted by Gasteiger charge is 2.22. The van der Waals surface area contributed by atoms with Crippen molar-refractivity contribution in [2.45, 2.75) is 45.4 Å². The van der Waals surface area contributed by atoms with E-state index in [1.54, 1.807) is 23.5 Å². The highest BCUT2D eigenvalue weighted by atomic mass is 32.1. The van der Waals surface area contributed by atoms with Crippen LogP contribution in [0.2, 0.25) is 0 Å². The maximum absolute atomic E-state index is 13.4. The molecule has 2 aromatic carbocycles. The SMILES string of the molecule is CC(C)c1sc2cc(O)ccc2c1C(=O)c1ccc(CCCN2CCCC2)cc1. The second-order valence-corrected chi connectivity index (χ2v) is 9.44. The number of aryl methyl sites for hydroxylation is 1. The van der Waals surface area contributed by atoms with Crippen molar-refractivity contribution in [3.63, 3.8) is 0 Å². The number of likely N-dealkylation sites (tertiary alicyclic amines) is 1. The number of hydrogen-bond acceptors (Lipinski definition) is 4. The molecule has 0 amide bonds. The van der Waals surface area contributed by atoms with E-state index in [1.165, 1.54) is 44.5 Å². The summed E-state index contributed by atoms with van der Waals surface area (Å²) in [7, 11) is 0. The Morgan fingerprint density at radius 2 is 1.83 bits per heavy atom. The van der Waals surface area contributed by atoms with Gasteiger partial charge in [0.15, 0.2) is 5.78 Å². The van der Waals surface area contributed by atoms with Crippen LogP contribution in [0.25, 0.3) is 10.1 Å². The summed E-state index contributed by atoms with van der Waals surface area (Å²) < 4.78 is 0.968. The minimum Gasteiger partial charge on any atom is -0.508 e. The van der Waals surface area contributed by atoms with Crippen molar-refractivity contribution in [1.29, 1.82) is 0 Å². The molecular formula is C25H29NO2S. The molecule has 0 aliphatic carbocycles. The van der Waals surface area contributed by atoms with Gasteiger partial charge in [0.05, 0.1) is 0 Å². The van der Waals surface area contributed by atoms with Gasteiger partial charge in [0.2, 0.25) is 0 Å². The van der Waals surface area contributed by atoms with Crippen molar-refractivity contribution in [3.05, 3.63) is 64.0 Å². The molecule has 1 aromatic heterocycles. The summed E-state index contributed by atoms with van der Waals surface area (Å²) in [5.74, 6) is 0.582. The van der Waals surface area contributed by atoms with Gasteiger partial charge >= 0.3 is 0 Å². The number of hydrogen-bond donors (Lipinski definition) is 1. The predicted octanol–water partition coefficient (Wildman–Crippen LogP) is 5.99. The summed E-state index contributed by atoms with van der Waals surface area (Å²) in [4.78, 5) is 17.0. The van der Waals surface area contributed by atoms with Crippen molar-refractivity contribution in [1.82, 2.24) is 4.90 Å². The maximum atomic E-state index is 13.4. The lowest BCUT2D eigenvalue weighted by Gasteiger charge is -2.14. The highest BCUT2D eigenvalue weighted by molar-refractivity contribution is 7.19. The fourth-order valence-electron chi connectivity index (χ4n) is 4.23. The van der Waals surface area contributed by atoms with Gasteiger partial charge in [0, 0.05) is 26.1 Å².